The average Bonchev–Trinajstić information content (AvgIpc) is 3.08. The molecule has 0 unspecified atom stereocenters. The van der Waals surface area contributed by atoms with Crippen LogP contribution < -0.4 is 4.74 Å². The highest BCUT2D eigenvalue weighted by Crippen LogP contribution is 2.26. The summed E-state index contributed by atoms with van der Waals surface area (Å²) in [6, 6.07) is 3.67. The van der Waals surface area contributed by atoms with Crippen LogP contribution >= 0.6 is 0 Å². The van der Waals surface area contributed by atoms with Gasteiger partial charge in [0, 0.05) is 49.8 Å². The van der Waals surface area contributed by atoms with E-state index in [4.69, 9.17) is 9.26 Å². The summed E-state index contributed by atoms with van der Waals surface area (Å²) in [7, 11) is 1.54. The maximum Gasteiger partial charge on any atom is 0.254 e. The molecule has 0 saturated carbocycles. The highest BCUT2D eigenvalue weighted by molar-refractivity contribution is 5.76. The Bertz CT molecular complexity index is 701. The second-order valence-electron chi connectivity index (χ2n) is 6.04. The van der Waals surface area contributed by atoms with Crippen LogP contribution in [0.2, 0.25) is 0 Å². The number of carbonyl (C=O) groups is 1. The van der Waals surface area contributed by atoms with E-state index < -0.39 is 0 Å². The first-order valence-corrected chi connectivity index (χ1v) is 8.22. The molecule has 24 heavy (non-hydrogen) atoms. The number of hydrogen-bond acceptors (Lipinski definition) is 6. The molecule has 3 rings (SSSR count). The van der Waals surface area contributed by atoms with Crippen LogP contribution in [0.3, 0.4) is 0 Å². The van der Waals surface area contributed by atoms with Gasteiger partial charge in [-0.2, -0.15) is 0 Å². The fraction of sp³-hybridized carbons (Fsp3) is 0.529. The summed E-state index contributed by atoms with van der Waals surface area (Å²) in [4.78, 5) is 23.1. The molecule has 0 bridgehead atoms. The molecule has 7 heteroatoms. The highest BCUT2D eigenvalue weighted by Gasteiger charge is 2.25. The van der Waals surface area contributed by atoms with Crippen molar-refractivity contribution in [3.8, 4) is 5.88 Å². The van der Waals surface area contributed by atoms with Gasteiger partial charge < -0.3 is 14.2 Å². The van der Waals surface area contributed by atoms with E-state index in [1.54, 1.807) is 12.3 Å². The molecule has 1 atom stereocenters. The number of likely N-dealkylation sites (tertiary alicyclic amines) is 1. The molecule has 1 aliphatic rings. The smallest absolute Gasteiger partial charge is 0.254 e. The first-order chi connectivity index (χ1) is 11.7. The Hall–Kier alpha value is -2.44. The molecular formula is C17H22N4O3. The Kier molecular flexibility index (Phi) is 5.08. The Morgan fingerprint density at radius 3 is 3.12 bits per heavy atom. The molecule has 0 spiro atoms. The lowest BCUT2D eigenvalue weighted by Crippen LogP contribution is -2.39. The molecule has 2 aromatic heterocycles. The summed E-state index contributed by atoms with van der Waals surface area (Å²) in [5.41, 5.74) is 1.03. The molecule has 7 nitrogen and oxygen atoms in total. The SMILES string of the molecule is COc1cc(CCC(=O)N2CCC[C@H](c3ccnc(C)n3)C2)on1. The van der Waals surface area contributed by atoms with E-state index in [1.807, 2.05) is 17.9 Å². The predicted octanol–water partition coefficient (Wildman–Crippen LogP) is 2.12. The van der Waals surface area contributed by atoms with Crippen molar-refractivity contribution in [3.05, 3.63) is 35.6 Å². The van der Waals surface area contributed by atoms with Crippen LogP contribution in [0, 0.1) is 6.92 Å². The standard InChI is InChI=1S/C17H22N4O3/c1-12-18-8-7-15(19-12)13-4-3-9-21(11-13)17(22)6-5-14-10-16(23-2)20-24-14/h7-8,10,13H,3-6,9,11H2,1-2H3/t13-/m0/s1. The van der Waals surface area contributed by atoms with Gasteiger partial charge in [-0.05, 0) is 31.0 Å². The monoisotopic (exact) mass is 330 g/mol. The van der Waals surface area contributed by atoms with E-state index in [-0.39, 0.29) is 11.8 Å². The van der Waals surface area contributed by atoms with Crippen LogP contribution in [0.15, 0.2) is 22.9 Å². The molecule has 1 fully saturated rings. The molecule has 1 saturated heterocycles. The zero-order chi connectivity index (χ0) is 16.9. The maximum atomic E-state index is 12.5. The van der Waals surface area contributed by atoms with Crippen molar-refractivity contribution >= 4 is 5.91 Å². The van der Waals surface area contributed by atoms with Crippen LogP contribution in [0.4, 0.5) is 0 Å². The van der Waals surface area contributed by atoms with Gasteiger partial charge in [-0.25, -0.2) is 9.97 Å². The minimum Gasteiger partial charge on any atom is -0.479 e. The number of carbonyl (C=O) groups excluding carboxylic acids is 1. The summed E-state index contributed by atoms with van der Waals surface area (Å²) in [6.07, 6.45) is 4.78. The normalized spacial score (nSPS) is 17.8. The summed E-state index contributed by atoms with van der Waals surface area (Å²) < 4.78 is 10.1. The number of methoxy groups -OCH3 is 1. The lowest BCUT2D eigenvalue weighted by atomic mass is 9.94. The molecule has 1 amide bonds. The highest BCUT2D eigenvalue weighted by atomic mass is 16.5. The number of nitrogens with zero attached hydrogens (tertiary/aromatic N) is 4. The lowest BCUT2D eigenvalue weighted by Gasteiger charge is -2.32. The third kappa shape index (κ3) is 3.90. The molecule has 0 aliphatic carbocycles. The zero-order valence-electron chi connectivity index (χ0n) is 14.1. The minimum absolute atomic E-state index is 0.140. The second-order valence-corrected chi connectivity index (χ2v) is 6.04. The first kappa shape index (κ1) is 16.4. The number of amides is 1. The molecule has 128 valence electrons. The van der Waals surface area contributed by atoms with E-state index in [2.05, 4.69) is 15.1 Å². The van der Waals surface area contributed by atoms with Gasteiger partial charge in [-0.1, -0.05) is 0 Å². The predicted molar refractivity (Wildman–Crippen MR) is 86.7 cm³/mol. The summed E-state index contributed by atoms with van der Waals surface area (Å²) in [6.45, 7) is 3.41. The molecule has 2 aromatic rings. The van der Waals surface area contributed by atoms with Crippen molar-refractivity contribution in [1.82, 2.24) is 20.0 Å². The summed E-state index contributed by atoms with van der Waals surface area (Å²) >= 11 is 0. The van der Waals surface area contributed by atoms with Gasteiger partial charge in [-0.3, -0.25) is 4.79 Å². The summed E-state index contributed by atoms with van der Waals surface area (Å²) in [5, 5.41) is 3.75. The Morgan fingerprint density at radius 1 is 1.50 bits per heavy atom. The van der Waals surface area contributed by atoms with E-state index in [0.717, 1.165) is 37.4 Å². The quantitative estimate of drug-likeness (QED) is 0.835. The van der Waals surface area contributed by atoms with Gasteiger partial charge in [0.1, 0.15) is 11.6 Å². The van der Waals surface area contributed by atoms with Gasteiger partial charge in [0.15, 0.2) is 0 Å². The van der Waals surface area contributed by atoms with E-state index in [1.165, 1.54) is 7.11 Å². The van der Waals surface area contributed by atoms with E-state index in [0.29, 0.717) is 24.5 Å². The van der Waals surface area contributed by atoms with Crippen molar-refractivity contribution in [2.45, 2.75) is 38.5 Å². The van der Waals surface area contributed by atoms with Gasteiger partial charge in [-0.15, -0.1) is 0 Å². The number of hydrogen-bond donors (Lipinski definition) is 0. The number of ether oxygens (including phenoxy) is 1. The third-order valence-corrected chi connectivity index (χ3v) is 4.32. The number of rotatable bonds is 5. The number of aromatic nitrogens is 3. The topological polar surface area (TPSA) is 81.4 Å². The largest absolute Gasteiger partial charge is 0.479 e. The van der Waals surface area contributed by atoms with E-state index in [9.17, 15) is 4.79 Å². The van der Waals surface area contributed by atoms with Crippen LogP contribution in [0.25, 0.3) is 0 Å². The van der Waals surface area contributed by atoms with Crippen LogP contribution in [-0.4, -0.2) is 46.1 Å². The Labute approximate surface area is 141 Å². The second kappa shape index (κ2) is 7.42. The molecule has 0 aromatic carbocycles. The van der Waals surface area contributed by atoms with Gasteiger partial charge >= 0.3 is 0 Å². The Balaban J connectivity index is 1.56. The summed E-state index contributed by atoms with van der Waals surface area (Å²) in [5.74, 6) is 2.31. The van der Waals surface area contributed by atoms with Gasteiger partial charge in [0.2, 0.25) is 5.91 Å². The van der Waals surface area contributed by atoms with Crippen molar-refractivity contribution in [2.24, 2.45) is 0 Å². The minimum atomic E-state index is 0.140. The fourth-order valence-electron chi connectivity index (χ4n) is 3.04. The Morgan fingerprint density at radius 2 is 2.38 bits per heavy atom. The van der Waals surface area contributed by atoms with Crippen molar-refractivity contribution in [1.29, 1.82) is 0 Å². The molecule has 0 radical (unpaired) electrons. The first-order valence-electron chi connectivity index (χ1n) is 8.22. The van der Waals surface area contributed by atoms with Gasteiger partial charge in [0.25, 0.3) is 5.88 Å². The molecule has 3 heterocycles. The van der Waals surface area contributed by atoms with Crippen molar-refractivity contribution < 1.29 is 14.1 Å². The molecule has 0 N–H and O–H groups in total. The van der Waals surface area contributed by atoms with Crippen molar-refractivity contribution in [2.75, 3.05) is 20.2 Å². The average molecular weight is 330 g/mol. The van der Waals surface area contributed by atoms with Gasteiger partial charge in [0.05, 0.1) is 7.11 Å². The van der Waals surface area contributed by atoms with Crippen LogP contribution in [0.1, 0.15) is 42.5 Å². The van der Waals surface area contributed by atoms with Crippen molar-refractivity contribution in [3.63, 3.8) is 0 Å². The maximum absolute atomic E-state index is 12.5. The molecule has 1 aliphatic heterocycles. The number of aryl methyl sites for hydroxylation is 2. The fourth-order valence-corrected chi connectivity index (χ4v) is 3.04. The van der Waals surface area contributed by atoms with E-state index >= 15 is 0 Å². The van der Waals surface area contributed by atoms with Crippen LogP contribution in [0.5, 0.6) is 5.88 Å². The third-order valence-electron chi connectivity index (χ3n) is 4.32. The molecular weight excluding hydrogens is 308 g/mol. The lowest BCUT2D eigenvalue weighted by molar-refractivity contribution is -0.132. The number of piperidine rings is 1. The zero-order valence-corrected chi connectivity index (χ0v) is 14.1. The van der Waals surface area contributed by atoms with Crippen LogP contribution in [-0.2, 0) is 11.2 Å².